The lowest BCUT2D eigenvalue weighted by Gasteiger charge is -2.29. The Morgan fingerprint density at radius 3 is 2.68 bits per heavy atom. The number of aromatic nitrogens is 2. The number of hydrogen-bond donors (Lipinski definition) is 1. The lowest BCUT2D eigenvalue weighted by molar-refractivity contribution is -0.274. The largest absolute Gasteiger partial charge is 0.573 e. The second kappa shape index (κ2) is 10.2. The van der Waals surface area contributed by atoms with Crippen LogP contribution in [0.3, 0.4) is 0 Å². The van der Waals surface area contributed by atoms with Gasteiger partial charge in [0.2, 0.25) is 5.91 Å². The monoisotopic (exact) mass is 537 g/mol. The number of pyridine rings is 1. The van der Waals surface area contributed by atoms with Gasteiger partial charge in [0.05, 0.1) is 12.0 Å². The van der Waals surface area contributed by atoms with Gasteiger partial charge < -0.3 is 19.3 Å². The molecule has 0 saturated heterocycles. The Kier molecular flexibility index (Phi) is 7.41. The Morgan fingerprint density at radius 1 is 1.22 bits per heavy atom. The molecule has 7 nitrogen and oxygen atoms in total. The average Bonchev–Trinajstić information content (AvgIpc) is 3.10. The number of hydrogen-bond acceptors (Lipinski definition) is 4. The molecule has 3 aromatic rings. The van der Waals surface area contributed by atoms with Crippen molar-refractivity contribution in [3.05, 3.63) is 58.4 Å². The molecule has 1 aliphatic heterocycles. The third kappa shape index (κ3) is 6.18. The van der Waals surface area contributed by atoms with Crippen LogP contribution in [0.5, 0.6) is 5.75 Å². The summed E-state index contributed by atoms with van der Waals surface area (Å²) in [4.78, 5) is 30.6. The number of fused-ring (bicyclic) bond motifs is 3. The molecule has 3 heterocycles. The fraction of sp³-hybridized carbons (Fsp3) is 0.423. The minimum atomic E-state index is -4.84. The Hall–Kier alpha value is -3.27. The summed E-state index contributed by atoms with van der Waals surface area (Å²) in [7, 11) is 0. The fourth-order valence-corrected chi connectivity index (χ4v) is 4.92. The Morgan fingerprint density at radius 2 is 1.97 bits per heavy atom. The van der Waals surface area contributed by atoms with Crippen molar-refractivity contribution in [3.63, 3.8) is 0 Å². The molecule has 0 fully saturated rings. The number of carbonyl (C=O) groups is 2. The van der Waals surface area contributed by atoms with Crippen LogP contribution < -0.4 is 4.74 Å². The van der Waals surface area contributed by atoms with Crippen molar-refractivity contribution >= 4 is 34.5 Å². The van der Waals surface area contributed by atoms with Crippen LogP contribution in [0.2, 0.25) is 5.02 Å². The minimum absolute atomic E-state index is 0.0692. The van der Waals surface area contributed by atoms with Crippen molar-refractivity contribution in [2.45, 2.75) is 59.0 Å². The van der Waals surface area contributed by atoms with Crippen LogP contribution in [-0.4, -0.2) is 44.3 Å². The number of amides is 1. The third-order valence-electron chi connectivity index (χ3n) is 6.64. The maximum absolute atomic E-state index is 13.0. The van der Waals surface area contributed by atoms with Gasteiger partial charge in [0.1, 0.15) is 11.4 Å². The lowest BCUT2D eigenvalue weighted by atomic mass is 9.87. The highest BCUT2D eigenvalue weighted by Gasteiger charge is 2.32. The van der Waals surface area contributed by atoms with Crippen LogP contribution in [-0.2, 0) is 29.1 Å². The number of alkyl halides is 3. The van der Waals surface area contributed by atoms with Gasteiger partial charge in [0.15, 0.2) is 0 Å². The molecule has 0 spiro atoms. The lowest BCUT2D eigenvalue weighted by Crippen LogP contribution is -2.36. The van der Waals surface area contributed by atoms with Gasteiger partial charge in [-0.2, -0.15) is 0 Å². The summed E-state index contributed by atoms with van der Waals surface area (Å²) in [5, 5.41) is 10.3. The zero-order valence-corrected chi connectivity index (χ0v) is 21.2. The van der Waals surface area contributed by atoms with Crippen LogP contribution in [0, 0.1) is 5.41 Å². The highest BCUT2D eigenvalue weighted by atomic mass is 35.5. The third-order valence-corrected chi connectivity index (χ3v) is 6.86. The van der Waals surface area contributed by atoms with Crippen LogP contribution in [0.1, 0.15) is 49.9 Å². The summed E-state index contributed by atoms with van der Waals surface area (Å²) in [5.41, 5.74) is 2.17. The molecule has 37 heavy (non-hydrogen) atoms. The molecule has 2 aromatic heterocycles. The highest BCUT2D eigenvalue weighted by Crippen LogP contribution is 2.33. The molecule has 1 N–H and O–H groups in total. The van der Waals surface area contributed by atoms with Gasteiger partial charge in [-0.1, -0.05) is 11.6 Å². The number of carboxylic acids is 1. The zero-order chi connectivity index (χ0) is 27.0. The Bertz CT molecular complexity index is 1340. The van der Waals surface area contributed by atoms with E-state index in [4.69, 9.17) is 11.6 Å². The van der Waals surface area contributed by atoms with Crippen molar-refractivity contribution < 1.29 is 32.6 Å². The summed E-state index contributed by atoms with van der Waals surface area (Å²) in [6, 6.07) is 7.73. The van der Waals surface area contributed by atoms with Gasteiger partial charge in [-0.15, -0.1) is 13.2 Å². The predicted molar refractivity (Wildman–Crippen MR) is 131 cm³/mol. The van der Waals surface area contributed by atoms with Gasteiger partial charge in [0.25, 0.3) is 0 Å². The Balaban J connectivity index is 1.59. The summed E-state index contributed by atoms with van der Waals surface area (Å²) >= 11 is 6.08. The van der Waals surface area contributed by atoms with Crippen molar-refractivity contribution in [2.24, 2.45) is 5.41 Å². The second-order valence-electron chi connectivity index (χ2n) is 9.84. The van der Waals surface area contributed by atoms with Crippen molar-refractivity contribution in [3.8, 4) is 5.75 Å². The van der Waals surface area contributed by atoms with Gasteiger partial charge >= 0.3 is 12.3 Å². The molecule has 198 valence electrons. The van der Waals surface area contributed by atoms with E-state index >= 15 is 0 Å². The molecule has 1 aromatic carbocycles. The molecule has 1 amide bonds. The summed E-state index contributed by atoms with van der Waals surface area (Å²) in [5.74, 6) is -1.38. The molecule has 0 saturated carbocycles. The average molecular weight is 538 g/mol. The quantitative estimate of drug-likeness (QED) is 0.392. The molecule has 0 radical (unpaired) electrons. The maximum Gasteiger partial charge on any atom is 0.573 e. The van der Waals surface area contributed by atoms with Crippen LogP contribution in [0.15, 0.2) is 36.5 Å². The first-order valence-electron chi connectivity index (χ1n) is 11.9. The number of benzene rings is 1. The first-order valence-corrected chi connectivity index (χ1v) is 12.2. The predicted octanol–water partition coefficient (Wildman–Crippen LogP) is 5.80. The molecule has 0 atom stereocenters. The van der Waals surface area contributed by atoms with Crippen LogP contribution in [0.4, 0.5) is 13.2 Å². The standard InChI is InChI=1S/C26H27ClF3N3O4/c1-25(2,24(35)36)8-3-6-22(34)32-10-7-19-20-5-4-9-31-23(20)33(21(19)15-32)14-16-11-17(27)13-18(12-16)37-26(28,29)30/h4-5,9,11-13H,3,6-8,10,14-15H2,1-2H3,(H,35,36). The number of ether oxygens (including phenoxy) is 1. The molecule has 0 unspecified atom stereocenters. The second-order valence-corrected chi connectivity index (χ2v) is 10.3. The van der Waals surface area contributed by atoms with E-state index in [9.17, 15) is 27.9 Å². The number of carboxylic acid groups (broad SMARTS) is 1. The number of carbonyl (C=O) groups excluding carboxylic acids is 1. The van der Waals surface area contributed by atoms with Crippen LogP contribution >= 0.6 is 11.6 Å². The van der Waals surface area contributed by atoms with E-state index in [0.717, 1.165) is 22.7 Å². The summed E-state index contributed by atoms with van der Waals surface area (Å²) in [6.45, 7) is 4.30. The maximum atomic E-state index is 13.0. The molecule has 1 aliphatic rings. The topological polar surface area (TPSA) is 84.7 Å². The first kappa shape index (κ1) is 26.8. The molecule has 0 aliphatic carbocycles. The SMILES string of the molecule is CC(C)(CCCC(=O)N1CCc2c(n(Cc3cc(Cl)cc(OC(F)(F)F)c3)c3ncccc23)C1)C(=O)O. The zero-order valence-electron chi connectivity index (χ0n) is 20.4. The summed E-state index contributed by atoms with van der Waals surface area (Å²) in [6.07, 6.45) is -1.52. The molecular weight excluding hydrogens is 511 g/mol. The highest BCUT2D eigenvalue weighted by molar-refractivity contribution is 6.30. The first-order chi connectivity index (χ1) is 17.3. The van der Waals surface area contributed by atoms with E-state index in [2.05, 4.69) is 9.72 Å². The van der Waals surface area contributed by atoms with E-state index in [1.54, 1.807) is 31.0 Å². The number of aliphatic carboxylic acids is 1. The fourth-order valence-electron chi connectivity index (χ4n) is 4.68. The van der Waals surface area contributed by atoms with Crippen molar-refractivity contribution in [1.29, 1.82) is 0 Å². The van der Waals surface area contributed by atoms with E-state index in [0.29, 0.717) is 43.6 Å². The van der Waals surface area contributed by atoms with E-state index in [1.807, 2.05) is 16.7 Å². The van der Waals surface area contributed by atoms with E-state index < -0.39 is 23.5 Å². The van der Waals surface area contributed by atoms with E-state index in [1.165, 1.54) is 6.07 Å². The summed E-state index contributed by atoms with van der Waals surface area (Å²) < 4.78 is 44.3. The molecule has 11 heteroatoms. The van der Waals surface area contributed by atoms with Crippen molar-refractivity contribution in [2.75, 3.05) is 6.54 Å². The number of halogens is 4. The van der Waals surface area contributed by atoms with E-state index in [-0.39, 0.29) is 23.9 Å². The normalized spacial score (nSPS) is 14.1. The minimum Gasteiger partial charge on any atom is -0.481 e. The van der Waals surface area contributed by atoms with Gasteiger partial charge in [-0.3, -0.25) is 9.59 Å². The molecular formula is C26H27ClF3N3O4. The van der Waals surface area contributed by atoms with Gasteiger partial charge in [-0.25, -0.2) is 4.98 Å². The molecule has 0 bridgehead atoms. The van der Waals surface area contributed by atoms with Gasteiger partial charge in [0, 0.05) is 41.8 Å². The smallest absolute Gasteiger partial charge is 0.481 e. The van der Waals surface area contributed by atoms with Crippen LogP contribution in [0.25, 0.3) is 11.0 Å². The number of rotatable bonds is 8. The Labute approximate surface area is 216 Å². The van der Waals surface area contributed by atoms with Gasteiger partial charge in [-0.05, 0) is 74.6 Å². The van der Waals surface area contributed by atoms with Crippen molar-refractivity contribution in [1.82, 2.24) is 14.5 Å². The molecule has 4 rings (SSSR count). The number of nitrogens with zero attached hydrogens (tertiary/aromatic N) is 3.